The second kappa shape index (κ2) is 9.77. The number of allylic oxidation sites excluding steroid dienone is 3. The van der Waals surface area contributed by atoms with Crippen LogP contribution < -0.4 is 0 Å². The van der Waals surface area contributed by atoms with Crippen molar-refractivity contribution in [3.05, 3.63) is 52.5 Å². The molecular formula is C28H40O4S. The van der Waals surface area contributed by atoms with Crippen molar-refractivity contribution in [3.8, 4) is 0 Å². The molecule has 1 aliphatic heterocycles. The third-order valence-electron chi connectivity index (χ3n) is 7.26. The number of carbonyl (C=O) groups is 1. The molecule has 0 aromatic heterocycles. The monoisotopic (exact) mass is 472 g/mol. The van der Waals surface area contributed by atoms with Gasteiger partial charge in [-0.25, -0.2) is 8.42 Å². The van der Waals surface area contributed by atoms with Gasteiger partial charge in [-0.1, -0.05) is 58.9 Å². The third-order valence-corrected chi connectivity index (χ3v) is 8.97. The molecular weight excluding hydrogens is 432 g/mol. The second-order valence-electron chi connectivity index (χ2n) is 10.8. The number of sulfone groups is 1. The van der Waals surface area contributed by atoms with E-state index in [0.717, 1.165) is 24.2 Å². The molecule has 1 aliphatic carbocycles. The third kappa shape index (κ3) is 5.79. The van der Waals surface area contributed by atoms with E-state index in [-0.39, 0.29) is 34.5 Å². The minimum absolute atomic E-state index is 0.111. The SMILES string of the molecule is C=C(OC1=C(c2c(CC)cc(C)cc2CC)C(=O)CC(C2CCS(=O)(=O)CC2)C1)C(C)(C)C. The van der Waals surface area contributed by atoms with Gasteiger partial charge in [0, 0.05) is 18.3 Å². The van der Waals surface area contributed by atoms with E-state index in [1.54, 1.807) is 0 Å². The van der Waals surface area contributed by atoms with Gasteiger partial charge in [0.2, 0.25) is 0 Å². The molecule has 0 N–H and O–H groups in total. The minimum atomic E-state index is -2.94. The molecule has 5 heteroatoms. The first-order valence-electron chi connectivity index (χ1n) is 12.3. The molecule has 4 nitrogen and oxygen atoms in total. The van der Waals surface area contributed by atoms with Crippen LogP contribution in [0.2, 0.25) is 0 Å². The van der Waals surface area contributed by atoms with Gasteiger partial charge in [0.25, 0.3) is 0 Å². The molecule has 1 saturated heterocycles. The molecule has 0 saturated carbocycles. The van der Waals surface area contributed by atoms with Crippen molar-refractivity contribution < 1.29 is 17.9 Å². The first kappa shape index (κ1) is 25.7. The molecule has 1 atom stereocenters. The number of benzene rings is 1. The highest BCUT2D eigenvalue weighted by atomic mass is 32.2. The summed E-state index contributed by atoms with van der Waals surface area (Å²) in [6, 6.07) is 4.37. The summed E-state index contributed by atoms with van der Waals surface area (Å²) in [6.07, 6.45) is 4.06. The summed E-state index contributed by atoms with van der Waals surface area (Å²) in [4.78, 5) is 13.8. The van der Waals surface area contributed by atoms with E-state index in [2.05, 4.69) is 60.3 Å². The molecule has 0 amide bonds. The van der Waals surface area contributed by atoms with E-state index in [0.29, 0.717) is 37.0 Å². The van der Waals surface area contributed by atoms with Crippen molar-refractivity contribution >= 4 is 21.2 Å². The van der Waals surface area contributed by atoms with Crippen LogP contribution in [0.25, 0.3) is 5.57 Å². The predicted octanol–water partition coefficient (Wildman–Crippen LogP) is 6.21. The van der Waals surface area contributed by atoms with Crippen molar-refractivity contribution in [2.24, 2.45) is 17.3 Å². The quantitative estimate of drug-likeness (QED) is 0.462. The van der Waals surface area contributed by atoms with E-state index in [9.17, 15) is 13.2 Å². The predicted molar refractivity (Wildman–Crippen MR) is 136 cm³/mol. The van der Waals surface area contributed by atoms with Crippen molar-refractivity contribution in [3.63, 3.8) is 0 Å². The Kier molecular flexibility index (Phi) is 7.62. The van der Waals surface area contributed by atoms with Gasteiger partial charge in [0.15, 0.2) is 5.78 Å². The summed E-state index contributed by atoms with van der Waals surface area (Å²) >= 11 is 0. The molecule has 3 rings (SSSR count). The zero-order valence-electron chi connectivity index (χ0n) is 21.2. The molecule has 0 bridgehead atoms. The van der Waals surface area contributed by atoms with Crippen molar-refractivity contribution in [2.45, 2.75) is 80.1 Å². The van der Waals surface area contributed by atoms with Gasteiger partial charge in [0.05, 0.1) is 17.1 Å². The summed E-state index contributed by atoms with van der Waals surface area (Å²) in [5, 5.41) is 0. The summed E-state index contributed by atoms with van der Waals surface area (Å²) in [5.41, 5.74) is 5.08. The molecule has 1 fully saturated rings. The number of ether oxygens (including phenoxy) is 1. The average molecular weight is 473 g/mol. The van der Waals surface area contributed by atoms with Gasteiger partial charge < -0.3 is 4.74 Å². The van der Waals surface area contributed by atoms with Gasteiger partial charge in [-0.15, -0.1) is 0 Å². The Bertz CT molecular complexity index is 1030. The number of hydrogen-bond acceptors (Lipinski definition) is 4. The van der Waals surface area contributed by atoms with E-state index in [1.165, 1.54) is 16.7 Å². The summed E-state index contributed by atoms with van der Waals surface area (Å²) < 4.78 is 30.3. The highest BCUT2D eigenvalue weighted by molar-refractivity contribution is 7.91. The maximum Gasteiger partial charge on any atom is 0.167 e. The normalized spacial score (nSPS) is 21.9. The summed E-state index contributed by atoms with van der Waals surface area (Å²) in [5.74, 6) is 2.28. The summed E-state index contributed by atoms with van der Waals surface area (Å²) in [6.45, 7) is 16.7. The van der Waals surface area contributed by atoms with E-state index < -0.39 is 9.84 Å². The molecule has 2 aliphatic rings. The largest absolute Gasteiger partial charge is 0.465 e. The average Bonchev–Trinajstić information content (AvgIpc) is 2.72. The molecule has 33 heavy (non-hydrogen) atoms. The number of Topliss-reactive ketones (excluding diaryl/α,β-unsaturated/α-hetero) is 1. The Morgan fingerprint density at radius 3 is 2.06 bits per heavy atom. The first-order chi connectivity index (χ1) is 15.4. The number of rotatable bonds is 6. The highest BCUT2D eigenvalue weighted by Gasteiger charge is 2.38. The van der Waals surface area contributed by atoms with E-state index in [4.69, 9.17) is 4.74 Å². The molecule has 0 spiro atoms. The van der Waals surface area contributed by atoms with Crippen LogP contribution in [0.15, 0.2) is 30.2 Å². The van der Waals surface area contributed by atoms with Crippen molar-refractivity contribution in [1.82, 2.24) is 0 Å². The maximum absolute atomic E-state index is 13.8. The van der Waals surface area contributed by atoms with Crippen LogP contribution in [-0.2, 0) is 32.2 Å². The molecule has 1 heterocycles. The number of hydrogen-bond donors (Lipinski definition) is 0. The fraction of sp³-hybridized carbons (Fsp3) is 0.607. The molecule has 1 aromatic carbocycles. The number of ketones is 1. The Balaban J connectivity index is 2.10. The van der Waals surface area contributed by atoms with Gasteiger partial charge in [-0.05, 0) is 61.1 Å². The standard InChI is InChI=1S/C28H40O4S/c1-8-20-14-18(3)15-21(9-2)26(20)27-24(29)16-23(22-10-12-33(30,31)13-11-22)17-25(27)32-19(4)28(5,6)7/h14-15,22-23H,4,8-13,16-17H2,1-3,5-7H3. The van der Waals surface area contributed by atoms with Crippen LogP contribution in [0.4, 0.5) is 0 Å². The van der Waals surface area contributed by atoms with E-state index in [1.807, 2.05) is 0 Å². The molecule has 1 aromatic rings. The Morgan fingerprint density at radius 2 is 1.58 bits per heavy atom. The Morgan fingerprint density at radius 1 is 1.03 bits per heavy atom. The lowest BCUT2D eigenvalue weighted by Gasteiger charge is -2.36. The Hall–Kier alpha value is -1.88. The molecule has 0 radical (unpaired) electrons. The van der Waals surface area contributed by atoms with Gasteiger partial charge in [-0.3, -0.25) is 4.79 Å². The zero-order chi connectivity index (χ0) is 24.6. The van der Waals surface area contributed by atoms with Gasteiger partial charge >= 0.3 is 0 Å². The maximum atomic E-state index is 13.8. The van der Waals surface area contributed by atoms with Crippen LogP contribution >= 0.6 is 0 Å². The molecule has 1 unspecified atom stereocenters. The first-order valence-corrected chi connectivity index (χ1v) is 14.1. The number of carbonyl (C=O) groups excluding carboxylic acids is 1. The van der Waals surface area contributed by atoms with Crippen LogP contribution in [0.1, 0.15) is 82.6 Å². The summed E-state index contributed by atoms with van der Waals surface area (Å²) in [7, 11) is -2.94. The minimum Gasteiger partial charge on any atom is -0.465 e. The Labute approximate surface area is 200 Å². The zero-order valence-corrected chi connectivity index (χ0v) is 22.0. The lowest BCUT2D eigenvalue weighted by atomic mass is 9.74. The fourth-order valence-electron chi connectivity index (χ4n) is 5.12. The van der Waals surface area contributed by atoms with Crippen LogP contribution in [0, 0.1) is 24.2 Å². The lowest BCUT2D eigenvalue weighted by molar-refractivity contribution is -0.115. The van der Waals surface area contributed by atoms with Crippen LogP contribution in [-0.4, -0.2) is 25.7 Å². The fourth-order valence-corrected chi connectivity index (χ4v) is 6.64. The van der Waals surface area contributed by atoms with Crippen LogP contribution in [0.5, 0.6) is 0 Å². The van der Waals surface area contributed by atoms with Gasteiger partial charge in [-0.2, -0.15) is 0 Å². The smallest absolute Gasteiger partial charge is 0.167 e. The van der Waals surface area contributed by atoms with Gasteiger partial charge in [0.1, 0.15) is 21.4 Å². The number of aryl methyl sites for hydroxylation is 3. The highest BCUT2D eigenvalue weighted by Crippen LogP contribution is 2.44. The van der Waals surface area contributed by atoms with Crippen molar-refractivity contribution in [1.29, 1.82) is 0 Å². The van der Waals surface area contributed by atoms with Crippen LogP contribution in [0.3, 0.4) is 0 Å². The topological polar surface area (TPSA) is 60.4 Å². The second-order valence-corrected chi connectivity index (χ2v) is 13.1. The van der Waals surface area contributed by atoms with Crippen molar-refractivity contribution in [2.75, 3.05) is 11.5 Å². The van der Waals surface area contributed by atoms with E-state index >= 15 is 0 Å². The molecule has 182 valence electrons. The lowest BCUT2D eigenvalue weighted by Crippen LogP contribution is -2.32.